The Labute approximate surface area is 101 Å². The molecule has 0 spiro atoms. The molecule has 0 aliphatic heterocycles. The van der Waals surface area contributed by atoms with Crippen LogP contribution in [0.15, 0.2) is 18.2 Å². The second-order valence-corrected chi connectivity index (χ2v) is 4.98. The van der Waals surface area contributed by atoms with Crippen LogP contribution in [-0.4, -0.2) is 11.0 Å². The van der Waals surface area contributed by atoms with Crippen LogP contribution in [0, 0.1) is 23.0 Å². The number of rotatable bonds is 5. The molecule has 2 rings (SSSR count). The van der Waals surface area contributed by atoms with Crippen molar-refractivity contribution in [3.8, 4) is 0 Å². The van der Waals surface area contributed by atoms with Crippen LogP contribution in [0.5, 0.6) is 0 Å². The van der Waals surface area contributed by atoms with Gasteiger partial charge in [0.2, 0.25) is 0 Å². The molecule has 0 amide bonds. The van der Waals surface area contributed by atoms with Crippen molar-refractivity contribution in [3.05, 3.63) is 33.9 Å². The quantitative estimate of drug-likeness (QED) is 0.626. The molecule has 0 aromatic heterocycles. The standard InChI is InChI=1S/C13H18N2O2/c1-9-7-12(5-6-13(9)15(16)17)14-10(2)8-11-3-4-11/h5-7,10-11,14H,3-4,8H2,1-2H3. The lowest BCUT2D eigenvalue weighted by Crippen LogP contribution is -2.15. The zero-order valence-corrected chi connectivity index (χ0v) is 10.3. The third-order valence-electron chi connectivity index (χ3n) is 3.19. The Morgan fingerprint density at radius 2 is 2.24 bits per heavy atom. The zero-order valence-electron chi connectivity index (χ0n) is 10.3. The fourth-order valence-corrected chi connectivity index (χ4v) is 2.15. The summed E-state index contributed by atoms with van der Waals surface area (Å²) in [5, 5.41) is 14.1. The van der Waals surface area contributed by atoms with Gasteiger partial charge in [-0.3, -0.25) is 10.1 Å². The Bertz CT molecular complexity index is 427. The van der Waals surface area contributed by atoms with Gasteiger partial charge in [0.25, 0.3) is 5.69 Å². The van der Waals surface area contributed by atoms with Crippen LogP contribution in [0.3, 0.4) is 0 Å². The van der Waals surface area contributed by atoms with Gasteiger partial charge >= 0.3 is 0 Å². The molecule has 17 heavy (non-hydrogen) atoms. The molecule has 1 N–H and O–H groups in total. The van der Waals surface area contributed by atoms with Crippen LogP contribution in [-0.2, 0) is 0 Å². The third kappa shape index (κ3) is 3.19. The van der Waals surface area contributed by atoms with Crippen molar-refractivity contribution in [2.75, 3.05) is 5.32 Å². The first kappa shape index (κ1) is 11.9. The van der Waals surface area contributed by atoms with Gasteiger partial charge in [-0.05, 0) is 38.3 Å². The number of nitro benzene ring substituents is 1. The monoisotopic (exact) mass is 234 g/mol. The predicted octanol–water partition coefficient (Wildman–Crippen LogP) is 3.50. The van der Waals surface area contributed by atoms with E-state index < -0.39 is 0 Å². The normalized spacial score (nSPS) is 16.6. The van der Waals surface area contributed by atoms with E-state index in [-0.39, 0.29) is 10.6 Å². The van der Waals surface area contributed by atoms with Crippen molar-refractivity contribution in [2.24, 2.45) is 5.92 Å². The summed E-state index contributed by atoms with van der Waals surface area (Å²) in [6.07, 6.45) is 3.90. The van der Waals surface area contributed by atoms with E-state index in [2.05, 4.69) is 12.2 Å². The summed E-state index contributed by atoms with van der Waals surface area (Å²) < 4.78 is 0. The first-order chi connectivity index (χ1) is 8.06. The fraction of sp³-hybridized carbons (Fsp3) is 0.538. The van der Waals surface area contributed by atoms with E-state index in [1.807, 2.05) is 6.07 Å². The molecule has 1 aliphatic rings. The third-order valence-corrected chi connectivity index (χ3v) is 3.19. The molecular weight excluding hydrogens is 216 g/mol. The van der Waals surface area contributed by atoms with Gasteiger partial charge in [-0.1, -0.05) is 12.8 Å². The minimum absolute atomic E-state index is 0.186. The Morgan fingerprint density at radius 3 is 2.76 bits per heavy atom. The van der Waals surface area contributed by atoms with E-state index in [4.69, 9.17) is 0 Å². The topological polar surface area (TPSA) is 55.2 Å². The van der Waals surface area contributed by atoms with E-state index in [9.17, 15) is 10.1 Å². The Hall–Kier alpha value is -1.58. The van der Waals surface area contributed by atoms with Crippen molar-refractivity contribution in [1.29, 1.82) is 0 Å². The van der Waals surface area contributed by atoms with Crippen molar-refractivity contribution >= 4 is 11.4 Å². The minimum Gasteiger partial charge on any atom is -0.383 e. The van der Waals surface area contributed by atoms with Crippen molar-refractivity contribution < 1.29 is 4.92 Å². The predicted molar refractivity (Wildman–Crippen MR) is 68.3 cm³/mol. The van der Waals surface area contributed by atoms with Gasteiger partial charge < -0.3 is 5.32 Å². The Balaban J connectivity index is 2.00. The highest BCUT2D eigenvalue weighted by Gasteiger charge is 2.23. The number of hydrogen-bond acceptors (Lipinski definition) is 3. The van der Waals surface area contributed by atoms with E-state index >= 15 is 0 Å². The smallest absolute Gasteiger partial charge is 0.272 e. The molecule has 1 fully saturated rings. The molecule has 4 heteroatoms. The maximum atomic E-state index is 10.7. The zero-order chi connectivity index (χ0) is 12.4. The lowest BCUT2D eigenvalue weighted by Gasteiger charge is -2.15. The fourth-order valence-electron chi connectivity index (χ4n) is 2.15. The highest BCUT2D eigenvalue weighted by atomic mass is 16.6. The van der Waals surface area contributed by atoms with Crippen LogP contribution in [0.25, 0.3) is 0 Å². The summed E-state index contributed by atoms with van der Waals surface area (Å²) in [5.41, 5.74) is 1.87. The molecule has 0 bridgehead atoms. The number of hydrogen-bond donors (Lipinski definition) is 1. The lowest BCUT2D eigenvalue weighted by molar-refractivity contribution is -0.385. The van der Waals surface area contributed by atoms with Crippen LogP contribution in [0.1, 0.15) is 31.7 Å². The van der Waals surface area contributed by atoms with Gasteiger partial charge in [-0.15, -0.1) is 0 Å². The maximum Gasteiger partial charge on any atom is 0.272 e. The molecule has 1 unspecified atom stereocenters. The second-order valence-electron chi connectivity index (χ2n) is 4.98. The van der Waals surface area contributed by atoms with E-state index in [1.54, 1.807) is 19.1 Å². The summed E-state index contributed by atoms with van der Waals surface area (Å²) in [7, 11) is 0. The van der Waals surface area contributed by atoms with Gasteiger partial charge in [0.05, 0.1) is 4.92 Å². The SMILES string of the molecule is Cc1cc(NC(C)CC2CC2)ccc1[N+](=O)[O-]. The summed E-state index contributed by atoms with van der Waals surface area (Å²) >= 11 is 0. The van der Waals surface area contributed by atoms with Crippen molar-refractivity contribution in [2.45, 2.75) is 39.2 Å². The molecule has 0 saturated heterocycles. The molecule has 0 heterocycles. The number of aryl methyl sites for hydroxylation is 1. The first-order valence-corrected chi connectivity index (χ1v) is 6.08. The molecule has 1 atom stereocenters. The van der Waals surface area contributed by atoms with E-state index in [1.165, 1.54) is 19.3 Å². The highest BCUT2D eigenvalue weighted by molar-refractivity contribution is 5.53. The molecule has 1 aromatic rings. The number of nitrogens with one attached hydrogen (secondary N) is 1. The second kappa shape index (κ2) is 4.73. The van der Waals surface area contributed by atoms with Gasteiger partial charge in [-0.25, -0.2) is 0 Å². The van der Waals surface area contributed by atoms with Crippen LogP contribution >= 0.6 is 0 Å². The van der Waals surface area contributed by atoms with Gasteiger partial charge in [-0.2, -0.15) is 0 Å². The highest BCUT2D eigenvalue weighted by Crippen LogP contribution is 2.34. The van der Waals surface area contributed by atoms with Gasteiger partial charge in [0.15, 0.2) is 0 Å². The number of anilines is 1. The summed E-state index contributed by atoms with van der Waals surface area (Å²) in [5.74, 6) is 0.886. The average molecular weight is 234 g/mol. The number of nitro groups is 1. The van der Waals surface area contributed by atoms with E-state index in [0.717, 1.165) is 11.6 Å². The molecule has 1 aromatic carbocycles. The van der Waals surface area contributed by atoms with Crippen molar-refractivity contribution in [1.82, 2.24) is 0 Å². The molecule has 1 saturated carbocycles. The Kier molecular flexibility index (Phi) is 3.31. The summed E-state index contributed by atoms with van der Waals surface area (Å²) in [6, 6.07) is 5.64. The number of benzene rings is 1. The first-order valence-electron chi connectivity index (χ1n) is 6.08. The molecule has 0 radical (unpaired) electrons. The summed E-state index contributed by atoms with van der Waals surface area (Å²) in [6.45, 7) is 3.93. The molecule has 92 valence electrons. The molecule has 4 nitrogen and oxygen atoms in total. The number of nitrogens with zero attached hydrogens (tertiary/aromatic N) is 1. The van der Waals surface area contributed by atoms with Crippen LogP contribution in [0.2, 0.25) is 0 Å². The van der Waals surface area contributed by atoms with Crippen LogP contribution < -0.4 is 5.32 Å². The molecular formula is C13H18N2O2. The van der Waals surface area contributed by atoms with Crippen molar-refractivity contribution in [3.63, 3.8) is 0 Å². The lowest BCUT2D eigenvalue weighted by atomic mass is 10.1. The maximum absolute atomic E-state index is 10.7. The van der Waals surface area contributed by atoms with Gasteiger partial charge in [0.1, 0.15) is 0 Å². The van der Waals surface area contributed by atoms with Crippen LogP contribution in [0.4, 0.5) is 11.4 Å². The largest absolute Gasteiger partial charge is 0.383 e. The molecule has 1 aliphatic carbocycles. The Morgan fingerprint density at radius 1 is 1.53 bits per heavy atom. The van der Waals surface area contributed by atoms with E-state index in [0.29, 0.717) is 11.6 Å². The van der Waals surface area contributed by atoms with Gasteiger partial charge in [0, 0.05) is 23.4 Å². The average Bonchev–Trinajstić information content (AvgIpc) is 3.00. The minimum atomic E-state index is -0.341. The summed E-state index contributed by atoms with van der Waals surface area (Å²) in [4.78, 5) is 10.4.